The maximum atomic E-state index is 5.77. The average molecular weight is 249 g/mol. The van der Waals surface area contributed by atoms with Crippen LogP contribution in [0, 0.1) is 0 Å². The van der Waals surface area contributed by atoms with Crippen molar-refractivity contribution in [2.24, 2.45) is 0 Å². The van der Waals surface area contributed by atoms with Gasteiger partial charge in [0.25, 0.3) is 0 Å². The number of hydrogen-bond donors (Lipinski definition) is 1. The van der Waals surface area contributed by atoms with Gasteiger partial charge in [-0.05, 0) is 37.1 Å². The van der Waals surface area contributed by atoms with Crippen molar-refractivity contribution in [3.63, 3.8) is 0 Å². The molecule has 2 heteroatoms. The van der Waals surface area contributed by atoms with E-state index >= 15 is 0 Å². The number of hydrogen-bond acceptors (Lipinski definition) is 2. The van der Waals surface area contributed by atoms with Gasteiger partial charge in [0.15, 0.2) is 0 Å². The van der Waals surface area contributed by atoms with Gasteiger partial charge in [-0.25, -0.2) is 0 Å². The minimum absolute atomic E-state index is 0.839. The van der Waals surface area contributed by atoms with Crippen LogP contribution in [0.15, 0.2) is 24.3 Å². The first kappa shape index (κ1) is 15.0. The Morgan fingerprint density at radius 1 is 1.06 bits per heavy atom. The van der Waals surface area contributed by atoms with E-state index in [4.69, 9.17) is 4.74 Å². The predicted molar refractivity (Wildman–Crippen MR) is 78.1 cm³/mol. The molecule has 0 saturated carbocycles. The third kappa shape index (κ3) is 6.65. The molecule has 1 aromatic rings. The topological polar surface area (TPSA) is 21.3 Å². The quantitative estimate of drug-likeness (QED) is 0.629. The fourth-order valence-corrected chi connectivity index (χ4v) is 1.87. The smallest absolute Gasteiger partial charge is 0.119 e. The van der Waals surface area contributed by atoms with Crippen molar-refractivity contribution >= 4 is 0 Å². The fraction of sp³-hybridized carbons (Fsp3) is 0.625. The Kier molecular flexibility index (Phi) is 8.32. The Balaban J connectivity index is 2.26. The summed E-state index contributed by atoms with van der Waals surface area (Å²) < 4.78 is 5.77. The van der Waals surface area contributed by atoms with Crippen LogP contribution < -0.4 is 10.1 Å². The molecular formula is C16H27NO. The number of unbranched alkanes of at least 4 members (excludes halogenated alkanes) is 3. The zero-order chi connectivity index (χ0) is 13.1. The van der Waals surface area contributed by atoms with E-state index in [1.54, 1.807) is 0 Å². The van der Waals surface area contributed by atoms with Gasteiger partial charge in [-0.3, -0.25) is 0 Å². The predicted octanol–water partition coefficient (Wildman–Crippen LogP) is 4.15. The molecule has 0 aliphatic carbocycles. The summed E-state index contributed by atoms with van der Waals surface area (Å²) in [5.74, 6) is 1.00. The van der Waals surface area contributed by atoms with Crippen molar-refractivity contribution in [3.8, 4) is 5.75 Å². The van der Waals surface area contributed by atoms with E-state index in [-0.39, 0.29) is 0 Å². The summed E-state index contributed by atoms with van der Waals surface area (Å²) in [6.07, 6.45) is 6.19. The highest BCUT2D eigenvalue weighted by atomic mass is 16.5. The van der Waals surface area contributed by atoms with Crippen molar-refractivity contribution in [3.05, 3.63) is 29.8 Å². The van der Waals surface area contributed by atoms with E-state index in [1.165, 1.54) is 31.2 Å². The van der Waals surface area contributed by atoms with Crippen LogP contribution in [0.5, 0.6) is 5.75 Å². The Morgan fingerprint density at radius 2 is 1.94 bits per heavy atom. The van der Waals surface area contributed by atoms with Crippen LogP contribution >= 0.6 is 0 Å². The van der Waals surface area contributed by atoms with Crippen molar-refractivity contribution in [1.29, 1.82) is 0 Å². The molecule has 0 fully saturated rings. The first-order valence-electron chi connectivity index (χ1n) is 7.29. The average Bonchev–Trinajstić information content (AvgIpc) is 2.39. The van der Waals surface area contributed by atoms with Crippen LogP contribution in [-0.2, 0) is 6.54 Å². The van der Waals surface area contributed by atoms with Gasteiger partial charge in [0.2, 0.25) is 0 Å². The molecule has 0 heterocycles. The van der Waals surface area contributed by atoms with E-state index in [0.29, 0.717) is 0 Å². The zero-order valence-electron chi connectivity index (χ0n) is 11.9. The number of ether oxygens (including phenoxy) is 1. The van der Waals surface area contributed by atoms with Gasteiger partial charge in [0.1, 0.15) is 5.75 Å². The highest BCUT2D eigenvalue weighted by Gasteiger charge is 1.97. The maximum Gasteiger partial charge on any atom is 0.119 e. The number of benzene rings is 1. The number of rotatable bonds is 10. The van der Waals surface area contributed by atoms with Gasteiger partial charge in [-0.2, -0.15) is 0 Å². The molecule has 0 unspecified atom stereocenters. The van der Waals surface area contributed by atoms with Crippen LogP contribution in [0.2, 0.25) is 0 Å². The molecule has 0 bridgehead atoms. The van der Waals surface area contributed by atoms with E-state index in [1.807, 2.05) is 6.07 Å². The van der Waals surface area contributed by atoms with E-state index in [0.717, 1.165) is 31.9 Å². The third-order valence-corrected chi connectivity index (χ3v) is 2.92. The van der Waals surface area contributed by atoms with Gasteiger partial charge in [0, 0.05) is 6.54 Å². The standard InChI is InChI=1S/C16H27NO/c1-3-5-6-7-12-18-16-10-8-9-15(13-16)14-17-11-4-2/h8-10,13,17H,3-7,11-12,14H2,1-2H3. The summed E-state index contributed by atoms with van der Waals surface area (Å²) in [5, 5.41) is 3.41. The Labute approximate surface area is 112 Å². The molecule has 0 aromatic heterocycles. The van der Waals surface area contributed by atoms with Crippen LogP contribution in [0.3, 0.4) is 0 Å². The summed E-state index contributed by atoms with van der Waals surface area (Å²) in [6, 6.07) is 8.41. The fourth-order valence-electron chi connectivity index (χ4n) is 1.87. The largest absolute Gasteiger partial charge is 0.494 e. The molecule has 1 N–H and O–H groups in total. The second-order valence-electron chi connectivity index (χ2n) is 4.73. The summed E-state index contributed by atoms with van der Waals surface area (Å²) in [7, 11) is 0. The lowest BCUT2D eigenvalue weighted by Crippen LogP contribution is -2.13. The maximum absolute atomic E-state index is 5.77. The van der Waals surface area contributed by atoms with E-state index < -0.39 is 0 Å². The molecule has 0 saturated heterocycles. The highest BCUT2D eigenvalue weighted by molar-refractivity contribution is 5.28. The lowest BCUT2D eigenvalue weighted by molar-refractivity contribution is 0.304. The molecule has 0 aliphatic rings. The Hall–Kier alpha value is -1.02. The van der Waals surface area contributed by atoms with Gasteiger partial charge in [0.05, 0.1) is 6.61 Å². The van der Waals surface area contributed by atoms with Crippen molar-refractivity contribution in [2.75, 3.05) is 13.2 Å². The first-order valence-corrected chi connectivity index (χ1v) is 7.29. The molecule has 0 spiro atoms. The van der Waals surface area contributed by atoms with Crippen LogP contribution in [-0.4, -0.2) is 13.2 Å². The molecule has 0 atom stereocenters. The minimum atomic E-state index is 0.839. The van der Waals surface area contributed by atoms with E-state index in [9.17, 15) is 0 Å². The monoisotopic (exact) mass is 249 g/mol. The van der Waals surface area contributed by atoms with Gasteiger partial charge in [-0.1, -0.05) is 45.2 Å². The van der Waals surface area contributed by atoms with E-state index in [2.05, 4.69) is 37.4 Å². The molecule has 18 heavy (non-hydrogen) atoms. The molecular weight excluding hydrogens is 222 g/mol. The third-order valence-electron chi connectivity index (χ3n) is 2.92. The molecule has 1 aromatic carbocycles. The van der Waals surface area contributed by atoms with Gasteiger partial charge in [-0.15, -0.1) is 0 Å². The molecule has 0 radical (unpaired) electrons. The summed E-state index contributed by atoms with van der Waals surface area (Å²) in [5.41, 5.74) is 1.30. The molecule has 0 amide bonds. The van der Waals surface area contributed by atoms with Crippen LogP contribution in [0.1, 0.15) is 51.5 Å². The second kappa shape index (κ2) is 9.95. The molecule has 1 rings (SSSR count). The summed E-state index contributed by atoms with van der Waals surface area (Å²) in [6.45, 7) is 7.26. The van der Waals surface area contributed by atoms with Crippen molar-refractivity contribution in [2.45, 2.75) is 52.5 Å². The van der Waals surface area contributed by atoms with Gasteiger partial charge < -0.3 is 10.1 Å². The Bertz CT molecular complexity index is 312. The molecule has 0 aliphatic heterocycles. The minimum Gasteiger partial charge on any atom is -0.494 e. The second-order valence-corrected chi connectivity index (χ2v) is 4.73. The molecule has 102 valence electrons. The zero-order valence-corrected chi connectivity index (χ0v) is 11.9. The summed E-state index contributed by atoms with van der Waals surface area (Å²) >= 11 is 0. The van der Waals surface area contributed by atoms with Crippen LogP contribution in [0.4, 0.5) is 0 Å². The first-order chi connectivity index (χ1) is 8.86. The SMILES string of the molecule is CCCCCCOc1cccc(CNCCC)c1. The highest BCUT2D eigenvalue weighted by Crippen LogP contribution is 2.14. The number of nitrogens with one attached hydrogen (secondary N) is 1. The normalized spacial score (nSPS) is 10.6. The summed E-state index contributed by atoms with van der Waals surface area (Å²) in [4.78, 5) is 0. The van der Waals surface area contributed by atoms with Gasteiger partial charge >= 0.3 is 0 Å². The van der Waals surface area contributed by atoms with Crippen LogP contribution in [0.25, 0.3) is 0 Å². The Morgan fingerprint density at radius 3 is 2.72 bits per heavy atom. The molecule has 2 nitrogen and oxygen atoms in total. The lowest BCUT2D eigenvalue weighted by Gasteiger charge is -2.08. The van der Waals surface area contributed by atoms with Crippen molar-refractivity contribution < 1.29 is 4.74 Å². The lowest BCUT2D eigenvalue weighted by atomic mass is 10.2. The van der Waals surface area contributed by atoms with Crippen molar-refractivity contribution in [1.82, 2.24) is 5.32 Å².